The maximum absolute atomic E-state index is 12.7. The van der Waals surface area contributed by atoms with Crippen LogP contribution in [0.3, 0.4) is 0 Å². The molecule has 0 unspecified atom stereocenters. The van der Waals surface area contributed by atoms with Crippen molar-refractivity contribution in [2.45, 2.75) is 26.3 Å². The second-order valence-corrected chi connectivity index (χ2v) is 8.27. The number of aryl methyl sites for hydroxylation is 1. The van der Waals surface area contributed by atoms with E-state index in [1.54, 1.807) is 4.57 Å². The van der Waals surface area contributed by atoms with Gasteiger partial charge in [-0.25, -0.2) is 4.79 Å². The fraction of sp³-hybridized carbons (Fsp3) is 0.538. The average Bonchev–Trinajstić information content (AvgIpc) is 2.82. The molecule has 2 aliphatic rings. The minimum Gasteiger partial charge on any atom is -0.477 e. The molecular weight excluding hydrogens is 436 g/mol. The highest BCUT2D eigenvalue weighted by Crippen LogP contribution is 2.30. The maximum atomic E-state index is 12.7. The van der Waals surface area contributed by atoms with E-state index in [1.807, 2.05) is 25.1 Å². The summed E-state index contributed by atoms with van der Waals surface area (Å²) in [4.78, 5) is 16.8. The van der Waals surface area contributed by atoms with Gasteiger partial charge in [0.2, 0.25) is 5.88 Å². The van der Waals surface area contributed by atoms with Crippen LogP contribution in [0.25, 0.3) is 11.3 Å². The van der Waals surface area contributed by atoms with Crippen LogP contribution in [-0.2, 0) is 31.9 Å². The van der Waals surface area contributed by atoms with Crippen molar-refractivity contribution < 1.29 is 23.7 Å². The van der Waals surface area contributed by atoms with Crippen LogP contribution in [0.2, 0.25) is 0 Å². The Morgan fingerprint density at radius 1 is 1.15 bits per heavy atom. The Bertz CT molecular complexity index is 1060. The van der Waals surface area contributed by atoms with Crippen LogP contribution >= 0.6 is 0 Å². The molecule has 34 heavy (non-hydrogen) atoms. The number of nitrogens with zero attached hydrogens (tertiary/aromatic N) is 2. The van der Waals surface area contributed by atoms with Crippen LogP contribution in [0.5, 0.6) is 5.88 Å². The van der Waals surface area contributed by atoms with Crippen LogP contribution in [-0.4, -0.2) is 69.0 Å². The largest absolute Gasteiger partial charge is 0.477 e. The summed E-state index contributed by atoms with van der Waals surface area (Å²) in [5.41, 5.74) is 3.61. The topological polar surface area (TPSA) is 81.0 Å². The fourth-order valence-corrected chi connectivity index (χ4v) is 3.99. The number of ether oxygens (including phenoxy) is 5. The van der Waals surface area contributed by atoms with Crippen LogP contribution < -0.4 is 10.4 Å². The highest BCUT2D eigenvalue weighted by atomic mass is 16.5. The normalized spacial score (nSPS) is 15.9. The van der Waals surface area contributed by atoms with E-state index in [1.165, 1.54) is 0 Å². The Kier molecular flexibility index (Phi) is 9.11. The third-order valence-electron chi connectivity index (χ3n) is 5.71. The maximum Gasteiger partial charge on any atom is 0.351 e. The first-order chi connectivity index (χ1) is 16.7. The van der Waals surface area contributed by atoms with Gasteiger partial charge in [0.1, 0.15) is 6.61 Å². The molecule has 0 spiro atoms. The number of hydrogen-bond donors (Lipinski definition) is 0. The Balaban J connectivity index is 1.42. The number of hydrogen-bond acceptors (Lipinski definition) is 7. The fourth-order valence-electron chi connectivity index (χ4n) is 3.99. The summed E-state index contributed by atoms with van der Waals surface area (Å²) in [6.45, 7) is 7.65. The molecule has 1 fully saturated rings. The quantitative estimate of drug-likeness (QED) is 0.434. The summed E-state index contributed by atoms with van der Waals surface area (Å²) in [5, 5.41) is 0. The molecule has 1 aromatic carbocycles. The molecule has 0 bridgehead atoms. The van der Waals surface area contributed by atoms with Crippen molar-refractivity contribution in [3.8, 4) is 29.0 Å². The van der Waals surface area contributed by atoms with Gasteiger partial charge in [-0.15, -0.1) is 0 Å². The summed E-state index contributed by atoms with van der Waals surface area (Å²) in [7, 11) is 0. The molecule has 0 aliphatic carbocycles. The predicted molar refractivity (Wildman–Crippen MR) is 127 cm³/mol. The molecule has 182 valence electrons. The first-order valence-electron chi connectivity index (χ1n) is 11.9. The highest BCUT2D eigenvalue weighted by Gasteiger charge is 2.20. The Hall–Kier alpha value is -2.70. The summed E-state index contributed by atoms with van der Waals surface area (Å²) in [6.07, 6.45) is 1.66. The van der Waals surface area contributed by atoms with Crippen molar-refractivity contribution in [2.24, 2.45) is 5.92 Å². The summed E-state index contributed by atoms with van der Waals surface area (Å²) in [5.74, 6) is 6.64. The molecule has 8 nitrogen and oxygen atoms in total. The van der Waals surface area contributed by atoms with Gasteiger partial charge in [0.15, 0.2) is 0 Å². The van der Waals surface area contributed by atoms with E-state index in [0.29, 0.717) is 71.9 Å². The van der Waals surface area contributed by atoms with E-state index in [-0.39, 0.29) is 11.6 Å². The minimum absolute atomic E-state index is 0.109. The highest BCUT2D eigenvalue weighted by molar-refractivity contribution is 5.67. The first-order valence-corrected chi connectivity index (χ1v) is 11.9. The van der Waals surface area contributed by atoms with E-state index >= 15 is 0 Å². The first kappa shape index (κ1) is 24.4. The van der Waals surface area contributed by atoms with E-state index in [4.69, 9.17) is 23.7 Å². The SMILES string of the molecule is CCOCCOCC#Cc1ccc2c(c1)CCn1c-2cc(OCC2COCCCOC2)nc1=O. The monoisotopic (exact) mass is 468 g/mol. The second kappa shape index (κ2) is 12.7. The van der Waals surface area contributed by atoms with Gasteiger partial charge in [-0.1, -0.05) is 17.9 Å². The predicted octanol–water partition coefficient (Wildman–Crippen LogP) is 2.30. The van der Waals surface area contributed by atoms with Gasteiger partial charge in [-0.05, 0) is 37.5 Å². The van der Waals surface area contributed by atoms with Crippen LogP contribution in [0.1, 0.15) is 24.5 Å². The molecule has 2 aliphatic heterocycles. The zero-order valence-corrected chi connectivity index (χ0v) is 19.7. The number of aromatic nitrogens is 2. The van der Waals surface area contributed by atoms with Gasteiger partial charge >= 0.3 is 5.69 Å². The lowest BCUT2D eigenvalue weighted by Gasteiger charge is -2.23. The van der Waals surface area contributed by atoms with Crippen molar-refractivity contribution in [3.05, 3.63) is 45.9 Å². The molecule has 2 aromatic rings. The zero-order chi connectivity index (χ0) is 23.6. The van der Waals surface area contributed by atoms with E-state index in [0.717, 1.165) is 35.2 Å². The van der Waals surface area contributed by atoms with Crippen LogP contribution in [0, 0.1) is 17.8 Å². The van der Waals surface area contributed by atoms with Crippen molar-refractivity contribution >= 4 is 0 Å². The molecule has 0 amide bonds. The van der Waals surface area contributed by atoms with Crippen LogP contribution in [0.4, 0.5) is 0 Å². The molecule has 0 radical (unpaired) electrons. The van der Waals surface area contributed by atoms with Crippen LogP contribution in [0.15, 0.2) is 29.1 Å². The molecule has 8 heteroatoms. The molecule has 0 N–H and O–H groups in total. The standard InChI is InChI=1S/C26H32N2O6/c1-2-30-13-14-31-10-3-5-20-6-7-23-22(15-20)8-9-28-24(23)16-25(27-26(28)29)34-19-21-17-32-11-4-12-33-18-21/h6-7,15-16,21H,2,4,8-14,17-19H2,1H3. The molecule has 1 saturated heterocycles. The Morgan fingerprint density at radius 3 is 2.79 bits per heavy atom. The van der Waals surface area contributed by atoms with Gasteiger partial charge < -0.3 is 23.7 Å². The van der Waals surface area contributed by atoms with Crippen molar-refractivity contribution in [3.63, 3.8) is 0 Å². The summed E-state index contributed by atoms with van der Waals surface area (Å²) >= 11 is 0. The lowest BCUT2D eigenvalue weighted by Crippen LogP contribution is -2.30. The number of rotatable bonds is 8. The van der Waals surface area contributed by atoms with Gasteiger partial charge in [0, 0.05) is 49.5 Å². The molecule has 3 heterocycles. The summed E-state index contributed by atoms with van der Waals surface area (Å²) in [6, 6.07) is 7.92. The molecule has 0 saturated carbocycles. The van der Waals surface area contributed by atoms with Gasteiger partial charge in [0.05, 0.1) is 38.7 Å². The van der Waals surface area contributed by atoms with E-state index < -0.39 is 0 Å². The van der Waals surface area contributed by atoms with Crippen molar-refractivity contribution in [1.82, 2.24) is 9.55 Å². The molecule has 0 atom stereocenters. The minimum atomic E-state index is -0.295. The Morgan fingerprint density at radius 2 is 1.97 bits per heavy atom. The summed E-state index contributed by atoms with van der Waals surface area (Å²) < 4.78 is 29.6. The lowest BCUT2D eigenvalue weighted by atomic mass is 9.95. The smallest absolute Gasteiger partial charge is 0.351 e. The van der Waals surface area contributed by atoms with E-state index in [9.17, 15) is 4.79 Å². The number of benzene rings is 1. The van der Waals surface area contributed by atoms with Crippen molar-refractivity contribution in [2.75, 3.05) is 59.5 Å². The second-order valence-electron chi connectivity index (χ2n) is 8.27. The number of fused-ring (bicyclic) bond motifs is 3. The lowest BCUT2D eigenvalue weighted by molar-refractivity contribution is -0.0145. The molecule has 1 aromatic heterocycles. The molecule has 4 rings (SSSR count). The van der Waals surface area contributed by atoms with Gasteiger partial charge in [0.25, 0.3) is 0 Å². The van der Waals surface area contributed by atoms with Gasteiger partial charge in [-0.3, -0.25) is 4.57 Å². The van der Waals surface area contributed by atoms with Gasteiger partial charge in [-0.2, -0.15) is 4.98 Å². The van der Waals surface area contributed by atoms with E-state index in [2.05, 4.69) is 22.9 Å². The third-order valence-corrected chi connectivity index (χ3v) is 5.71. The third kappa shape index (κ3) is 6.67. The Labute approximate surface area is 200 Å². The van der Waals surface area contributed by atoms with Crippen molar-refractivity contribution in [1.29, 1.82) is 0 Å². The average molecular weight is 469 g/mol. The molecular formula is C26H32N2O6. The zero-order valence-electron chi connectivity index (χ0n) is 19.7.